The van der Waals surface area contributed by atoms with Gasteiger partial charge < -0.3 is 4.90 Å². The third-order valence-corrected chi connectivity index (χ3v) is 4.71. The molecule has 23 heavy (non-hydrogen) atoms. The summed E-state index contributed by atoms with van der Waals surface area (Å²) in [5, 5.41) is 21.1. The highest BCUT2D eigenvalue weighted by Crippen LogP contribution is 2.30. The zero-order valence-electron chi connectivity index (χ0n) is 12.8. The topological polar surface area (TPSA) is 109 Å². The van der Waals surface area contributed by atoms with Crippen LogP contribution in [0.3, 0.4) is 0 Å². The summed E-state index contributed by atoms with van der Waals surface area (Å²) in [5.41, 5.74) is 3.49. The molecule has 0 unspecified atom stereocenters. The Morgan fingerprint density at radius 3 is 2.43 bits per heavy atom. The Hall–Kier alpha value is -2.58. The SMILES string of the molecule is CS(=O)(=O)c1ccc(NN=C(C#N)C#N)cc1N1CCCCC1. The summed E-state index contributed by atoms with van der Waals surface area (Å²) in [7, 11) is -3.35. The Morgan fingerprint density at radius 1 is 1.22 bits per heavy atom. The van der Waals surface area contributed by atoms with E-state index in [1.807, 2.05) is 4.90 Å². The van der Waals surface area contributed by atoms with Crippen LogP contribution in [0.1, 0.15) is 19.3 Å². The van der Waals surface area contributed by atoms with Crippen LogP contribution < -0.4 is 10.3 Å². The summed E-state index contributed by atoms with van der Waals surface area (Å²) in [5.74, 6) is 0. The molecule has 1 aliphatic rings. The number of piperidine rings is 1. The van der Waals surface area contributed by atoms with Crippen molar-refractivity contribution < 1.29 is 8.42 Å². The third-order valence-electron chi connectivity index (χ3n) is 3.56. The van der Waals surface area contributed by atoms with Crippen molar-refractivity contribution in [3.8, 4) is 12.1 Å². The Morgan fingerprint density at radius 2 is 1.87 bits per heavy atom. The Kier molecular flexibility index (Phi) is 5.20. The number of nitriles is 2. The predicted molar refractivity (Wildman–Crippen MR) is 87.9 cm³/mol. The molecule has 1 N–H and O–H groups in total. The van der Waals surface area contributed by atoms with E-state index in [0.29, 0.717) is 11.4 Å². The van der Waals surface area contributed by atoms with Gasteiger partial charge in [-0.2, -0.15) is 15.6 Å². The molecule has 1 heterocycles. The number of hydrazone groups is 1. The van der Waals surface area contributed by atoms with Crippen molar-refractivity contribution in [1.82, 2.24) is 0 Å². The Labute approximate surface area is 135 Å². The van der Waals surface area contributed by atoms with Gasteiger partial charge in [-0.3, -0.25) is 5.43 Å². The van der Waals surface area contributed by atoms with E-state index in [0.717, 1.165) is 32.4 Å². The molecule has 0 aliphatic carbocycles. The van der Waals surface area contributed by atoms with E-state index in [2.05, 4.69) is 10.5 Å². The van der Waals surface area contributed by atoms with Crippen LogP contribution in [0.4, 0.5) is 11.4 Å². The van der Waals surface area contributed by atoms with E-state index in [4.69, 9.17) is 10.5 Å². The van der Waals surface area contributed by atoms with Gasteiger partial charge in [-0.1, -0.05) is 0 Å². The number of sulfone groups is 1. The molecule has 0 spiro atoms. The molecule has 1 saturated heterocycles. The van der Waals surface area contributed by atoms with Gasteiger partial charge in [-0.25, -0.2) is 8.42 Å². The van der Waals surface area contributed by atoms with Crippen LogP contribution in [-0.2, 0) is 9.84 Å². The summed E-state index contributed by atoms with van der Waals surface area (Å²) >= 11 is 0. The number of rotatable bonds is 4. The number of nitrogens with one attached hydrogen (secondary N) is 1. The van der Waals surface area contributed by atoms with Crippen LogP contribution in [0, 0.1) is 22.7 Å². The first-order valence-corrected chi connectivity index (χ1v) is 9.08. The summed E-state index contributed by atoms with van der Waals surface area (Å²) in [6.45, 7) is 1.60. The Balaban J connectivity index is 2.40. The van der Waals surface area contributed by atoms with Gasteiger partial charge in [-0.15, -0.1) is 0 Å². The predicted octanol–water partition coefficient (Wildman–Crippen LogP) is 1.90. The maximum atomic E-state index is 12.0. The molecule has 0 amide bonds. The molecule has 1 aromatic rings. The smallest absolute Gasteiger partial charge is 0.237 e. The molecule has 0 aromatic heterocycles. The molecule has 7 nitrogen and oxygen atoms in total. The average Bonchev–Trinajstić information content (AvgIpc) is 2.55. The third kappa shape index (κ3) is 4.21. The minimum atomic E-state index is -3.35. The van der Waals surface area contributed by atoms with Crippen molar-refractivity contribution in [1.29, 1.82) is 10.5 Å². The molecule has 1 aliphatic heterocycles. The van der Waals surface area contributed by atoms with Crippen LogP contribution in [0.5, 0.6) is 0 Å². The standard InChI is InChI=1S/C15H17N5O2S/c1-23(21,22)15-6-5-12(18-19-13(10-16)11-17)9-14(15)20-7-3-2-4-8-20/h5-6,9,18H,2-4,7-8H2,1H3. The van der Waals surface area contributed by atoms with Gasteiger partial charge in [0.2, 0.25) is 5.71 Å². The first kappa shape index (κ1) is 16.8. The molecule has 1 fully saturated rings. The van der Waals surface area contributed by atoms with E-state index in [9.17, 15) is 8.42 Å². The number of hydrogen-bond donors (Lipinski definition) is 1. The summed E-state index contributed by atoms with van der Waals surface area (Å²) < 4.78 is 24.0. The van der Waals surface area contributed by atoms with Crippen LogP contribution in [0.15, 0.2) is 28.2 Å². The van der Waals surface area contributed by atoms with Crippen molar-refractivity contribution in [3.05, 3.63) is 18.2 Å². The maximum Gasteiger partial charge on any atom is 0.237 e. The van der Waals surface area contributed by atoms with Gasteiger partial charge in [0, 0.05) is 19.3 Å². The summed E-state index contributed by atoms with van der Waals surface area (Å²) in [4.78, 5) is 2.32. The molecule has 0 saturated carbocycles. The summed E-state index contributed by atoms with van der Waals surface area (Å²) in [6.07, 6.45) is 4.36. The highest BCUT2D eigenvalue weighted by Gasteiger charge is 2.20. The fraction of sp³-hybridized carbons (Fsp3) is 0.400. The van der Waals surface area contributed by atoms with Crippen LogP contribution >= 0.6 is 0 Å². The lowest BCUT2D eigenvalue weighted by atomic mass is 10.1. The van der Waals surface area contributed by atoms with Gasteiger partial charge in [-0.05, 0) is 37.5 Å². The largest absolute Gasteiger partial charge is 0.370 e. The van der Waals surface area contributed by atoms with Gasteiger partial charge in [0.05, 0.1) is 16.3 Å². The zero-order chi connectivity index (χ0) is 16.9. The van der Waals surface area contributed by atoms with Crippen LogP contribution in [-0.4, -0.2) is 33.5 Å². The first-order valence-electron chi connectivity index (χ1n) is 7.18. The van der Waals surface area contributed by atoms with E-state index >= 15 is 0 Å². The second-order valence-electron chi connectivity index (χ2n) is 5.30. The first-order chi connectivity index (χ1) is 11.0. The lowest BCUT2D eigenvalue weighted by Crippen LogP contribution is -2.30. The fourth-order valence-electron chi connectivity index (χ4n) is 2.48. The molecular formula is C15H17N5O2S. The molecule has 0 radical (unpaired) electrons. The minimum Gasteiger partial charge on any atom is -0.370 e. The Bertz CT molecular complexity index is 780. The molecule has 0 bridgehead atoms. The maximum absolute atomic E-state index is 12.0. The molecule has 120 valence electrons. The van der Waals surface area contributed by atoms with Gasteiger partial charge in [0.15, 0.2) is 9.84 Å². The second-order valence-corrected chi connectivity index (χ2v) is 7.28. The van der Waals surface area contributed by atoms with Gasteiger partial charge in [0.25, 0.3) is 0 Å². The lowest BCUT2D eigenvalue weighted by molar-refractivity contribution is 0.572. The highest BCUT2D eigenvalue weighted by molar-refractivity contribution is 7.90. The van der Waals surface area contributed by atoms with E-state index in [1.54, 1.807) is 24.3 Å². The van der Waals surface area contributed by atoms with E-state index in [1.165, 1.54) is 12.3 Å². The van der Waals surface area contributed by atoms with Crippen molar-refractivity contribution >= 4 is 26.9 Å². The monoisotopic (exact) mass is 331 g/mol. The van der Waals surface area contributed by atoms with Crippen molar-refractivity contribution in [3.63, 3.8) is 0 Å². The summed E-state index contributed by atoms with van der Waals surface area (Å²) in [6, 6.07) is 8.10. The number of hydrogen-bond acceptors (Lipinski definition) is 7. The van der Waals surface area contributed by atoms with Crippen molar-refractivity contribution in [2.75, 3.05) is 29.7 Å². The second kappa shape index (κ2) is 7.12. The molecule has 0 atom stereocenters. The quantitative estimate of drug-likeness (QED) is 0.666. The van der Waals surface area contributed by atoms with E-state index < -0.39 is 9.84 Å². The molecule has 1 aromatic carbocycles. The van der Waals surface area contributed by atoms with Gasteiger partial charge >= 0.3 is 0 Å². The van der Waals surface area contributed by atoms with Crippen LogP contribution in [0.2, 0.25) is 0 Å². The molecule has 2 rings (SSSR count). The van der Waals surface area contributed by atoms with Crippen LogP contribution in [0.25, 0.3) is 0 Å². The van der Waals surface area contributed by atoms with E-state index in [-0.39, 0.29) is 10.6 Å². The normalized spacial score (nSPS) is 14.5. The zero-order valence-corrected chi connectivity index (χ0v) is 13.6. The average molecular weight is 331 g/mol. The van der Waals surface area contributed by atoms with Gasteiger partial charge in [0.1, 0.15) is 12.1 Å². The fourth-order valence-corrected chi connectivity index (χ4v) is 3.36. The molecular weight excluding hydrogens is 314 g/mol. The highest BCUT2D eigenvalue weighted by atomic mass is 32.2. The number of benzene rings is 1. The molecule has 8 heteroatoms. The minimum absolute atomic E-state index is 0.273. The van der Waals surface area contributed by atoms with Crippen molar-refractivity contribution in [2.24, 2.45) is 5.10 Å². The lowest BCUT2D eigenvalue weighted by Gasteiger charge is -2.30. The number of nitrogens with zero attached hydrogens (tertiary/aromatic N) is 4. The van der Waals surface area contributed by atoms with Crippen molar-refractivity contribution in [2.45, 2.75) is 24.2 Å². The number of anilines is 2.